The van der Waals surface area contributed by atoms with Crippen LogP contribution in [0.2, 0.25) is 0 Å². The average Bonchev–Trinajstić information content (AvgIpc) is 3.34. The van der Waals surface area contributed by atoms with Crippen molar-refractivity contribution in [1.29, 1.82) is 0 Å². The van der Waals surface area contributed by atoms with Crippen LogP contribution in [-0.2, 0) is 17.5 Å². The van der Waals surface area contributed by atoms with Crippen molar-refractivity contribution in [1.82, 2.24) is 4.57 Å². The lowest BCUT2D eigenvalue weighted by molar-refractivity contribution is -0.137. The van der Waals surface area contributed by atoms with Gasteiger partial charge in [0.1, 0.15) is 0 Å². The standard InChI is InChI=1S/C25H22F3N3O2S2/c26-25(27,28)17-7-6-8-18(14-17)30-22(32)11-2-1-5-12-31-23(33)21(35-24(31)34)13-16-15-29-20-10-4-3-9-19(16)20/h3-4,6-10,13-15,33H,1-2,5,11-12H2,(H,30,32)/b16-13-. The van der Waals surface area contributed by atoms with Gasteiger partial charge in [-0.25, -0.2) is 0 Å². The number of carbonyl (C=O) groups is 1. The van der Waals surface area contributed by atoms with E-state index in [1.165, 1.54) is 23.5 Å². The highest BCUT2D eigenvalue weighted by Crippen LogP contribution is 2.36. The molecule has 0 aliphatic carbocycles. The van der Waals surface area contributed by atoms with Crippen molar-refractivity contribution in [2.24, 2.45) is 4.99 Å². The van der Waals surface area contributed by atoms with Crippen LogP contribution in [-0.4, -0.2) is 21.8 Å². The summed E-state index contributed by atoms with van der Waals surface area (Å²) in [6.07, 6.45) is 1.32. The van der Waals surface area contributed by atoms with Gasteiger partial charge in [-0.2, -0.15) is 13.2 Å². The predicted octanol–water partition coefficient (Wildman–Crippen LogP) is 7.46. The van der Waals surface area contributed by atoms with Crippen LogP contribution < -0.4 is 5.32 Å². The van der Waals surface area contributed by atoms with E-state index in [4.69, 9.17) is 12.2 Å². The minimum absolute atomic E-state index is 0.104. The summed E-state index contributed by atoms with van der Waals surface area (Å²) >= 11 is 6.74. The number of unbranched alkanes of at least 4 members (excludes halogenated alkanes) is 2. The van der Waals surface area contributed by atoms with Gasteiger partial charge in [0.15, 0.2) is 3.95 Å². The third kappa shape index (κ3) is 6.07. The highest BCUT2D eigenvalue weighted by atomic mass is 32.1. The van der Waals surface area contributed by atoms with Crippen LogP contribution in [0, 0.1) is 3.95 Å². The van der Waals surface area contributed by atoms with E-state index < -0.39 is 11.7 Å². The zero-order chi connectivity index (χ0) is 25.0. The molecule has 4 rings (SSSR count). The van der Waals surface area contributed by atoms with E-state index in [2.05, 4.69) is 10.3 Å². The molecule has 10 heteroatoms. The molecular weight excluding hydrogens is 495 g/mol. The summed E-state index contributed by atoms with van der Waals surface area (Å²) in [6.45, 7) is 0.504. The number of aliphatic imine (C=N–C) groups is 1. The number of amides is 1. The molecule has 0 saturated carbocycles. The van der Waals surface area contributed by atoms with E-state index in [0.717, 1.165) is 29.0 Å². The number of thiazole rings is 1. The van der Waals surface area contributed by atoms with E-state index in [0.29, 0.717) is 34.6 Å². The summed E-state index contributed by atoms with van der Waals surface area (Å²) in [4.78, 5) is 17.1. The van der Waals surface area contributed by atoms with Crippen molar-refractivity contribution >= 4 is 58.7 Å². The van der Waals surface area contributed by atoms with Crippen molar-refractivity contribution in [3.05, 3.63) is 68.5 Å². The molecule has 0 radical (unpaired) electrons. The van der Waals surface area contributed by atoms with E-state index in [1.807, 2.05) is 30.3 Å². The number of nitrogens with one attached hydrogen (secondary N) is 1. The van der Waals surface area contributed by atoms with Gasteiger partial charge in [-0.3, -0.25) is 14.4 Å². The molecule has 182 valence electrons. The summed E-state index contributed by atoms with van der Waals surface area (Å²) in [5.74, 6) is -0.237. The number of benzene rings is 2. The SMILES string of the molecule is O=C(CCCCCn1c(O)c(/C=C2/C=Nc3ccccc32)sc1=S)Nc1cccc(C(F)(F)F)c1. The summed E-state index contributed by atoms with van der Waals surface area (Å²) < 4.78 is 40.6. The zero-order valence-electron chi connectivity index (χ0n) is 18.5. The number of rotatable bonds is 8. The zero-order valence-corrected chi connectivity index (χ0v) is 20.1. The number of aromatic hydroxyl groups is 1. The maximum Gasteiger partial charge on any atom is 0.416 e. The molecule has 0 spiro atoms. The van der Waals surface area contributed by atoms with Crippen molar-refractivity contribution in [2.45, 2.75) is 38.4 Å². The van der Waals surface area contributed by atoms with Gasteiger partial charge in [-0.1, -0.05) is 30.7 Å². The lowest BCUT2D eigenvalue weighted by atomic mass is 10.1. The third-order valence-electron chi connectivity index (χ3n) is 5.50. The molecule has 0 unspecified atom stereocenters. The fraction of sp³-hybridized carbons (Fsp3) is 0.240. The Morgan fingerprint density at radius 3 is 2.74 bits per heavy atom. The number of hydrogen-bond donors (Lipinski definition) is 2. The monoisotopic (exact) mass is 517 g/mol. The molecule has 3 aromatic rings. The molecule has 0 saturated heterocycles. The number of nitrogens with zero attached hydrogens (tertiary/aromatic N) is 2. The van der Waals surface area contributed by atoms with Crippen molar-refractivity contribution < 1.29 is 23.1 Å². The summed E-state index contributed by atoms with van der Waals surface area (Å²) in [5, 5.41) is 13.2. The molecule has 2 aromatic carbocycles. The number of allylic oxidation sites excluding steroid dienone is 1. The maximum atomic E-state index is 12.8. The first kappa shape index (κ1) is 24.9. The second-order valence-corrected chi connectivity index (χ2v) is 9.70. The molecule has 0 fully saturated rings. The first-order chi connectivity index (χ1) is 16.7. The van der Waals surface area contributed by atoms with Crippen LogP contribution in [0.1, 0.15) is 41.7 Å². The number of fused-ring (bicyclic) bond motifs is 1. The second-order valence-electron chi connectivity index (χ2n) is 8.02. The summed E-state index contributed by atoms with van der Waals surface area (Å²) in [7, 11) is 0. The molecule has 5 nitrogen and oxygen atoms in total. The van der Waals surface area contributed by atoms with Gasteiger partial charge in [0.05, 0.1) is 16.1 Å². The van der Waals surface area contributed by atoms with Crippen LogP contribution in [0.3, 0.4) is 0 Å². The Bertz CT molecular complexity index is 1360. The highest BCUT2D eigenvalue weighted by molar-refractivity contribution is 7.73. The number of carbonyl (C=O) groups excluding carboxylic acids is 1. The first-order valence-corrected chi connectivity index (χ1v) is 12.2. The number of hydrogen-bond acceptors (Lipinski definition) is 5. The Morgan fingerprint density at radius 2 is 1.94 bits per heavy atom. The first-order valence-electron chi connectivity index (χ1n) is 11.0. The Kier molecular flexibility index (Phi) is 7.51. The van der Waals surface area contributed by atoms with E-state index >= 15 is 0 Å². The highest BCUT2D eigenvalue weighted by Gasteiger charge is 2.30. The number of aromatic nitrogens is 1. The van der Waals surface area contributed by atoms with Crippen molar-refractivity contribution in [2.75, 3.05) is 5.32 Å². The van der Waals surface area contributed by atoms with E-state index in [1.54, 1.807) is 10.8 Å². The molecule has 1 aliphatic rings. The average molecular weight is 518 g/mol. The van der Waals surface area contributed by atoms with Gasteiger partial charge < -0.3 is 10.4 Å². The predicted molar refractivity (Wildman–Crippen MR) is 136 cm³/mol. The maximum absolute atomic E-state index is 12.8. The van der Waals surface area contributed by atoms with Crippen LogP contribution in [0.15, 0.2) is 53.5 Å². The number of alkyl halides is 3. The third-order valence-corrected chi connectivity index (χ3v) is 6.88. The Labute approximate surface area is 209 Å². The Balaban J connectivity index is 1.27. The van der Waals surface area contributed by atoms with Gasteiger partial charge >= 0.3 is 6.18 Å². The van der Waals surface area contributed by atoms with Crippen LogP contribution >= 0.6 is 23.6 Å². The van der Waals surface area contributed by atoms with Gasteiger partial charge in [0, 0.05) is 36.0 Å². The topological polar surface area (TPSA) is 66.6 Å². The lowest BCUT2D eigenvalue weighted by Gasteiger charge is -2.10. The van der Waals surface area contributed by atoms with E-state index in [-0.39, 0.29) is 23.9 Å². The van der Waals surface area contributed by atoms with Gasteiger partial charge in [0.2, 0.25) is 11.8 Å². The molecule has 2 heterocycles. The molecule has 0 bridgehead atoms. The largest absolute Gasteiger partial charge is 0.493 e. The Morgan fingerprint density at radius 1 is 1.14 bits per heavy atom. The molecule has 1 aliphatic heterocycles. The number of para-hydroxylation sites is 1. The van der Waals surface area contributed by atoms with Gasteiger partial charge in [-0.15, -0.1) is 11.3 Å². The molecular formula is C25H22F3N3O2S2. The minimum Gasteiger partial charge on any atom is -0.493 e. The van der Waals surface area contributed by atoms with Crippen LogP contribution in [0.4, 0.5) is 24.5 Å². The van der Waals surface area contributed by atoms with Gasteiger partial charge in [0.25, 0.3) is 0 Å². The fourth-order valence-electron chi connectivity index (χ4n) is 3.73. The second kappa shape index (κ2) is 10.6. The Hall–Kier alpha value is -3.24. The lowest BCUT2D eigenvalue weighted by Crippen LogP contribution is -2.12. The summed E-state index contributed by atoms with van der Waals surface area (Å²) in [5.41, 5.74) is 2.11. The van der Waals surface area contributed by atoms with Crippen molar-refractivity contribution in [3.63, 3.8) is 0 Å². The molecule has 35 heavy (non-hydrogen) atoms. The fourth-order valence-corrected chi connectivity index (χ4v) is 5.04. The summed E-state index contributed by atoms with van der Waals surface area (Å²) in [6, 6.07) is 12.3. The molecule has 0 atom stereocenters. The van der Waals surface area contributed by atoms with Crippen LogP contribution in [0.5, 0.6) is 5.88 Å². The van der Waals surface area contributed by atoms with Gasteiger partial charge in [-0.05, 0) is 55.4 Å². The van der Waals surface area contributed by atoms with Crippen molar-refractivity contribution in [3.8, 4) is 5.88 Å². The number of anilines is 1. The van der Waals surface area contributed by atoms with Crippen LogP contribution in [0.25, 0.3) is 11.6 Å². The smallest absolute Gasteiger partial charge is 0.416 e. The van der Waals surface area contributed by atoms with E-state index in [9.17, 15) is 23.1 Å². The molecule has 2 N–H and O–H groups in total. The molecule has 1 amide bonds. The normalized spacial score (nSPS) is 13.9. The molecule has 1 aromatic heterocycles. The number of halogens is 3. The minimum atomic E-state index is -4.46. The quantitative estimate of drug-likeness (QED) is 0.241.